The summed E-state index contributed by atoms with van der Waals surface area (Å²) >= 11 is 0. The molecule has 12 heteroatoms. The molecule has 2 atom stereocenters. The smallest absolute Gasteiger partial charge is 0.292 e. The zero-order valence-corrected chi connectivity index (χ0v) is 30.1. The van der Waals surface area contributed by atoms with Crippen LogP contribution in [0.1, 0.15) is 86.4 Å². The number of allylic oxidation sites excluding steroid dienone is 1. The van der Waals surface area contributed by atoms with Crippen LogP contribution in [0.2, 0.25) is 0 Å². The molecule has 1 aliphatic rings. The first kappa shape index (κ1) is 38.4. The molecule has 0 aliphatic heterocycles. The molecule has 2 heterocycles. The lowest BCUT2D eigenvalue weighted by molar-refractivity contribution is -0.0528. The Hall–Kier alpha value is -4.87. The molecule has 1 aliphatic carbocycles. The number of nitrogen functional groups attached to an aromatic ring is 1. The number of hydrogen-bond acceptors (Lipinski definition) is 4. The summed E-state index contributed by atoms with van der Waals surface area (Å²) in [6, 6.07) is 14.7. The van der Waals surface area contributed by atoms with E-state index in [1.54, 1.807) is 17.6 Å². The van der Waals surface area contributed by atoms with Gasteiger partial charge in [-0.1, -0.05) is 58.0 Å². The molecule has 2 aromatic heterocycles. The van der Waals surface area contributed by atoms with E-state index in [0.717, 1.165) is 28.3 Å². The maximum atomic E-state index is 14.0. The molecular formula is C40H43F6N5O. The topological polar surface area (TPSA) is 78.7 Å². The Morgan fingerprint density at radius 2 is 1.75 bits per heavy atom. The van der Waals surface area contributed by atoms with Gasteiger partial charge in [0.15, 0.2) is 0 Å². The number of para-hydroxylation sites is 1. The third kappa shape index (κ3) is 7.52. The molecule has 0 radical (unpaired) electrons. The first-order chi connectivity index (χ1) is 24.4. The number of fused-ring (bicyclic) bond motifs is 2. The SMILES string of the molecule is C=C(C)Cn1nc(C(F)F)c2c1C(F)(F)C(C)C2.CCc1cccc(-n2c(C(Cc3cc(F)cc(F)c3)C(C)C)nc3cc(C)ccc3c2=O)c1N. The molecule has 2 unspecified atom stereocenters. The van der Waals surface area contributed by atoms with Crippen LogP contribution >= 0.6 is 0 Å². The molecule has 276 valence electrons. The number of halogens is 6. The van der Waals surface area contributed by atoms with Gasteiger partial charge < -0.3 is 5.73 Å². The molecule has 0 amide bonds. The summed E-state index contributed by atoms with van der Waals surface area (Å²) in [7, 11) is 0. The molecule has 6 nitrogen and oxygen atoms in total. The lowest BCUT2D eigenvalue weighted by Crippen LogP contribution is -2.29. The lowest BCUT2D eigenvalue weighted by atomic mass is 9.87. The number of alkyl halides is 4. The van der Waals surface area contributed by atoms with E-state index in [1.807, 2.05) is 58.0 Å². The maximum absolute atomic E-state index is 14.0. The molecule has 0 saturated carbocycles. The minimum absolute atomic E-state index is 0.00347. The van der Waals surface area contributed by atoms with E-state index >= 15 is 0 Å². The number of aromatic nitrogens is 4. The summed E-state index contributed by atoms with van der Waals surface area (Å²) in [5.41, 5.74) is 10.1. The number of hydrogen-bond donors (Lipinski definition) is 1. The third-order valence-corrected chi connectivity index (χ3v) is 9.51. The van der Waals surface area contributed by atoms with E-state index < -0.39 is 35.6 Å². The van der Waals surface area contributed by atoms with Crippen molar-refractivity contribution in [2.45, 2.75) is 85.6 Å². The van der Waals surface area contributed by atoms with E-state index in [0.29, 0.717) is 45.7 Å². The van der Waals surface area contributed by atoms with E-state index in [-0.39, 0.29) is 41.6 Å². The molecule has 0 saturated heterocycles. The van der Waals surface area contributed by atoms with Crippen molar-refractivity contribution in [3.63, 3.8) is 0 Å². The van der Waals surface area contributed by atoms with Gasteiger partial charge in [0.05, 0.1) is 28.8 Å². The second-order valence-corrected chi connectivity index (χ2v) is 14.0. The van der Waals surface area contributed by atoms with Gasteiger partial charge in [0.1, 0.15) is 28.8 Å². The quantitative estimate of drug-likeness (QED) is 0.0934. The maximum Gasteiger partial charge on any atom is 0.292 e. The number of nitrogens with two attached hydrogens (primary N) is 1. The first-order valence-corrected chi connectivity index (χ1v) is 17.2. The van der Waals surface area contributed by atoms with Crippen molar-refractivity contribution in [3.05, 3.63) is 128 Å². The fourth-order valence-corrected chi connectivity index (χ4v) is 6.81. The van der Waals surface area contributed by atoms with Crippen LogP contribution in [0.15, 0.2) is 71.5 Å². The van der Waals surface area contributed by atoms with Crippen LogP contribution < -0.4 is 11.3 Å². The Bertz CT molecular complexity index is 2170. The Labute approximate surface area is 299 Å². The summed E-state index contributed by atoms with van der Waals surface area (Å²) < 4.78 is 84.1. The van der Waals surface area contributed by atoms with Gasteiger partial charge in [0, 0.05) is 23.5 Å². The van der Waals surface area contributed by atoms with Gasteiger partial charge in [-0.2, -0.15) is 13.9 Å². The monoisotopic (exact) mass is 723 g/mol. The van der Waals surface area contributed by atoms with Crippen molar-refractivity contribution < 1.29 is 26.3 Å². The van der Waals surface area contributed by atoms with Crippen molar-refractivity contribution in [2.75, 3.05) is 5.73 Å². The Kier molecular flexibility index (Phi) is 11.1. The summed E-state index contributed by atoms with van der Waals surface area (Å²) in [4.78, 5) is 18.8. The van der Waals surface area contributed by atoms with Gasteiger partial charge in [-0.05, 0) is 86.1 Å². The molecule has 52 heavy (non-hydrogen) atoms. The number of aryl methyl sites for hydroxylation is 2. The molecule has 6 rings (SSSR count). The fourth-order valence-electron chi connectivity index (χ4n) is 6.81. The van der Waals surface area contributed by atoms with Crippen molar-refractivity contribution in [2.24, 2.45) is 11.8 Å². The van der Waals surface area contributed by atoms with E-state index in [4.69, 9.17) is 10.7 Å². The van der Waals surface area contributed by atoms with Crippen molar-refractivity contribution in [1.29, 1.82) is 0 Å². The normalized spacial score (nSPS) is 15.5. The van der Waals surface area contributed by atoms with E-state index in [1.165, 1.54) is 19.1 Å². The van der Waals surface area contributed by atoms with Crippen molar-refractivity contribution >= 4 is 16.6 Å². The molecule has 2 N–H and O–H groups in total. The summed E-state index contributed by atoms with van der Waals surface area (Å²) in [6.45, 7) is 14.6. The summed E-state index contributed by atoms with van der Waals surface area (Å²) in [6.07, 6.45) is -1.84. The molecule has 5 aromatic rings. The molecular weight excluding hydrogens is 680 g/mol. The van der Waals surface area contributed by atoms with Crippen molar-refractivity contribution in [1.82, 2.24) is 19.3 Å². The summed E-state index contributed by atoms with van der Waals surface area (Å²) in [5, 5.41) is 4.12. The third-order valence-electron chi connectivity index (χ3n) is 9.51. The van der Waals surface area contributed by atoms with Gasteiger partial charge in [-0.3, -0.25) is 14.0 Å². The number of anilines is 1. The Morgan fingerprint density at radius 1 is 1.08 bits per heavy atom. The van der Waals surface area contributed by atoms with Crippen LogP contribution in [0.5, 0.6) is 0 Å². The average Bonchev–Trinajstić information content (AvgIpc) is 3.52. The van der Waals surface area contributed by atoms with Crippen molar-refractivity contribution in [3.8, 4) is 5.69 Å². The van der Waals surface area contributed by atoms with Crippen LogP contribution in [-0.2, 0) is 31.7 Å². The van der Waals surface area contributed by atoms with Gasteiger partial charge in [-0.15, -0.1) is 0 Å². The van der Waals surface area contributed by atoms with Gasteiger partial charge in [-0.25, -0.2) is 22.5 Å². The number of benzene rings is 3. The highest BCUT2D eigenvalue weighted by Crippen LogP contribution is 2.48. The highest BCUT2D eigenvalue weighted by Gasteiger charge is 2.51. The fraction of sp³-hybridized carbons (Fsp3) is 0.375. The standard InChI is InChI=1S/C28H29F2N3O.C12H14F4N2/c1-5-19-7-6-8-25(26(19)31)33-27(32-24-11-17(4)9-10-22(24)28(33)34)23(16(2)3)14-18-12-20(29)15-21(30)13-18;1-6(2)5-18-10-8(9(17-18)11(13)14)4-7(3)12(10,15)16/h6-13,15-16,23H,5,14,31H2,1-4H3;7,11H,1,4-5H2,2-3H3. The number of nitrogens with zero attached hydrogens (tertiary/aromatic N) is 4. The van der Waals surface area contributed by atoms with Crippen LogP contribution in [0.4, 0.5) is 32.0 Å². The van der Waals surface area contributed by atoms with Crippen LogP contribution in [0.25, 0.3) is 16.6 Å². The van der Waals surface area contributed by atoms with Gasteiger partial charge in [0.25, 0.3) is 17.9 Å². The molecule has 0 bridgehead atoms. The minimum atomic E-state index is -3.11. The van der Waals surface area contributed by atoms with Gasteiger partial charge in [0.2, 0.25) is 0 Å². The zero-order chi connectivity index (χ0) is 38.2. The van der Waals surface area contributed by atoms with Crippen LogP contribution in [-0.4, -0.2) is 19.3 Å². The predicted octanol–water partition coefficient (Wildman–Crippen LogP) is 9.78. The zero-order valence-electron chi connectivity index (χ0n) is 30.1. The summed E-state index contributed by atoms with van der Waals surface area (Å²) in [5.74, 6) is -5.06. The Balaban J connectivity index is 0.000000244. The lowest BCUT2D eigenvalue weighted by Gasteiger charge is -2.26. The number of rotatable bonds is 9. The van der Waals surface area contributed by atoms with Gasteiger partial charge >= 0.3 is 0 Å². The molecule has 3 aromatic carbocycles. The van der Waals surface area contributed by atoms with Crippen LogP contribution in [0, 0.1) is 30.4 Å². The Morgan fingerprint density at radius 3 is 2.35 bits per heavy atom. The second kappa shape index (κ2) is 15.0. The van der Waals surface area contributed by atoms with Crippen LogP contribution in [0.3, 0.4) is 0 Å². The predicted molar refractivity (Wildman–Crippen MR) is 192 cm³/mol. The van der Waals surface area contributed by atoms with E-state index in [2.05, 4.69) is 11.7 Å². The first-order valence-electron chi connectivity index (χ1n) is 17.2. The molecule has 0 spiro atoms. The highest BCUT2D eigenvalue weighted by molar-refractivity contribution is 5.79. The largest absolute Gasteiger partial charge is 0.397 e. The minimum Gasteiger partial charge on any atom is -0.397 e. The highest BCUT2D eigenvalue weighted by atomic mass is 19.3. The van der Waals surface area contributed by atoms with E-state index in [9.17, 15) is 31.1 Å². The molecule has 0 fully saturated rings. The average molecular weight is 724 g/mol. The second-order valence-electron chi connectivity index (χ2n) is 14.0.